The van der Waals surface area contributed by atoms with E-state index < -0.39 is 48.6 Å². The van der Waals surface area contributed by atoms with Crippen molar-refractivity contribution >= 4 is 23.6 Å². The standard InChI is InChI=1S/C24H42N8O9/c1-14-20(36)21(37)22(38)24(41-14)40-11-10-32-13-16(30-31-32)12-27-18(34)8-7-17(28-15(2)33)23(39)26-9-5-3-4-6-19(35)29-25/h13-14,17,20-22,24,36-38H,3-12,25H2,1-2H3,(H,26,39)(H,27,34)(H,28,33)(H,29,35)/t14-,17?,20+,21+,22-,24+/m0/s1. The lowest BCUT2D eigenvalue weighted by atomic mass is 10.0. The highest BCUT2D eigenvalue weighted by Gasteiger charge is 2.42. The number of unbranched alkanes of at least 4 members (excludes halogenated alkanes) is 2. The molecule has 1 aromatic rings. The molecule has 1 aromatic heterocycles. The Kier molecular flexibility index (Phi) is 14.6. The second-order valence-corrected chi connectivity index (χ2v) is 9.76. The van der Waals surface area contributed by atoms with E-state index in [0.717, 1.165) is 0 Å². The second kappa shape index (κ2) is 17.6. The number of carbonyl (C=O) groups is 4. The maximum Gasteiger partial charge on any atom is 0.242 e. The van der Waals surface area contributed by atoms with E-state index in [1.54, 1.807) is 13.1 Å². The van der Waals surface area contributed by atoms with Crippen LogP contribution in [-0.4, -0.2) is 104 Å². The van der Waals surface area contributed by atoms with Crippen molar-refractivity contribution in [3.63, 3.8) is 0 Å². The van der Waals surface area contributed by atoms with E-state index in [9.17, 15) is 34.5 Å². The van der Waals surface area contributed by atoms with Gasteiger partial charge in [0.05, 0.1) is 32.0 Å². The molecular formula is C24H42N8O9. The monoisotopic (exact) mass is 586 g/mol. The van der Waals surface area contributed by atoms with Crippen molar-refractivity contribution in [1.82, 2.24) is 36.4 Å². The number of aromatic nitrogens is 3. The SMILES string of the molecule is CC(=O)NC(CCC(=O)NCc1cn(CCO[C@@H]2O[C@@H](C)[C@@H](O)[C@@H](O)[C@@H]2O)nn1)C(=O)NCCCCCC(=O)NN. The first-order valence-electron chi connectivity index (χ1n) is 13.5. The molecule has 9 N–H and O–H groups in total. The number of carbonyl (C=O) groups excluding carboxylic acids is 4. The number of rotatable bonds is 17. The fourth-order valence-corrected chi connectivity index (χ4v) is 4.00. The van der Waals surface area contributed by atoms with Crippen molar-refractivity contribution in [2.24, 2.45) is 5.84 Å². The molecule has 0 bridgehead atoms. The zero-order valence-electron chi connectivity index (χ0n) is 23.3. The molecule has 41 heavy (non-hydrogen) atoms. The van der Waals surface area contributed by atoms with Gasteiger partial charge in [0.15, 0.2) is 6.29 Å². The average molecular weight is 587 g/mol. The average Bonchev–Trinajstić information content (AvgIpc) is 3.40. The zero-order valence-corrected chi connectivity index (χ0v) is 23.3. The van der Waals surface area contributed by atoms with Crippen molar-refractivity contribution in [3.8, 4) is 0 Å². The molecule has 0 spiro atoms. The van der Waals surface area contributed by atoms with Crippen LogP contribution in [0.1, 0.15) is 58.1 Å². The third-order valence-electron chi connectivity index (χ3n) is 6.36. The van der Waals surface area contributed by atoms with Crippen LogP contribution in [0, 0.1) is 0 Å². The number of aliphatic hydroxyl groups is 3. The Labute approximate surface area is 237 Å². The molecule has 0 aromatic carbocycles. The molecule has 0 radical (unpaired) electrons. The summed E-state index contributed by atoms with van der Waals surface area (Å²) in [6, 6.07) is -0.874. The van der Waals surface area contributed by atoms with Crippen LogP contribution < -0.4 is 27.2 Å². The summed E-state index contributed by atoms with van der Waals surface area (Å²) in [6.45, 7) is 3.62. The summed E-state index contributed by atoms with van der Waals surface area (Å²) in [7, 11) is 0. The summed E-state index contributed by atoms with van der Waals surface area (Å²) in [5, 5.41) is 45.5. The molecule has 1 unspecified atom stereocenters. The number of hydrogen-bond donors (Lipinski definition) is 8. The summed E-state index contributed by atoms with van der Waals surface area (Å²) < 4.78 is 12.3. The van der Waals surface area contributed by atoms with Gasteiger partial charge in [-0.25, -0.2) is 10.5 Å². The summed E-state index contributed by atoms with van der Waals surface area (Å²) in [5.41, 5.74) is 2.53. The zero-order chi connectivity index (χ0) is 30.4. The van der Waals surface area contributed by atoms with Gasteiger partial charge in [-0.05, 0) is 26.2 Å². The Hall–Kier alpha value is -3.22. The third kappa shape index (κ3) is 12.0. The van der Waals surface area contributed by atoms with E-state index >= 15 is 0 Å². The first-order chi connectivity index (χ1) is 19.5. The van der Waals surface area contributed by atoms with Crippen LogP contribution in [0.15, 0.2) is 6.20 Å². The van der Waals surface area contributed by atoms with E-state index in [-0.39, 0.29) is 44.4 Å². The number of aliphatic hydroxyl groups excluding tert-OH is 3. The molecule has 0 aliphatic carbocycles. The minimum atomic E-state index is -1.40. The van der Waals surface area contributed by atoms with Crippen molar-refractivity contribution in [2.75, 3.05) is 13.2 Å². The number of nitrogens with one attached hydrogen (secondary N) is 4. The Morgan fingerprint density at radius 2 is 1.83 bits per heavy atom. The number of nitrogens with two attached hydrogens (primary N) is 1. The van der Waals surface area contributed by atoms with Crippen molar-refractivity contribution in [3.05, 3.63) is 11.9 Å². The van der Waals surface area contributed by atoms with E-state index in [1.165, 1.54) is 11.6 Å². The molecule has 0 saturated carbocycles. The molecule has 6 atom stereocenters. The van der Waals surface area contributed by atoms with Gasteiger partial charge in [-0.15, -0.1) is 5.10 Å². The van der Waals surface area contributed by atoms with Gasteiger partial charge in [0.2, 0.25) is 23.6 Å². The van der Waals surface area contributed by atoms with E-state index in [1.807, 2.05) is 0 Å². The minimum absolute atomic E-state index is 0.0166. The van der Waals surface area contributed by atoms with Crippen molar-refractivity contribution in [1.29, 1.82) is 0 Å². The number of amides is 4. The Morgan fingerprint density at radius 1 is 1.07 bits per heavy atom. The highest BCUT2D eigenvalue weighted by Crippen LogP contribution is 2.21. The quantitative estimate of drug-likeness (QED) is 0.0387. The van der Waals surface area contributed by atoms with Gasteiger partial charge >= 0.3 is 0 Å². The molecular weight excluding hydrogens is 544 g/mol. The summed E-state index contributed by atoms with van der Waals surface area (Å²) >= 11 is 0. The van der Waals surface area contributed by atoms with Crippen LogP contribution in [0.5, 0.6) is 0 Å². The van der Waals surface area contributed by atoms with E-state index in [0.29, 0.717) is 37.9 Å². The highest BCUT2D eigenvalue weighted by atomic mass is 16.7. The van der Waals surface area contributed by atoms with Crippen molar-refractivity contribution < 1.29 is 44.0 Å². The highest BCUT2D eigenvalue weighted by molar-refractivity contribution is 5.87. The van der Waals surface area contributed by atoms with Gasteiger partial charge in [-0.1, -0.05) is 11.6 Å². The maximum absolute atomic E-state index is 12.5. The molecule has 17 heteroatoms. The van der Waals surface area contributed by atoms with Crippen molar-refractivity contribution in [2.45, 2.75) is 102 Å². The van der Waals surface area contributed by atoms with Gasteiger partial charge in [0.25, 0.3) is 0 Å². The third-order valence-corrected chi connectivity index (χ3v) is 6.36. The Morgan fingerprint density at radius 3 is 2.54 bits per heavy atom. The molecule has 2 rings (SSSR count). The fraction of sp³-hybridized carbons (Fsp3) is 0.750. The van der Waals surface area contributed by atoms with Gasteiger partial charge in [0, 0.05) is 26.3 Å². The second-order valence-electron chi connectivity index (χ2n) is 9.76. The number of hydrogen-bond acceptors (Lipinski definition) is 12. The lowest BCUT2D eigenvalue weighted by molar-refractivity contribution is -0.293. The minimum Gasteiger partial charge on any atom is -0.388 e. The Bertz CT molecular complexity index is 994. The van der Waals surface area contributed by atoms with Gasteiger partial charge < -0.3 is 40.7 Å². The maximum atomic E-state index is 12.5. The van der Waals surface area contributed by atoms with Crippen LogP contribution in [-0.2, 0) is 41.7 Å². The van der Waals surface area contributed by atoms with Crippen LogP contribution in [0.3, 0.4) is 0 Å². The van der Waals surface area contributed by atoms with Crippen LogP contribution in [0.25, 0.3) is 0 Å². The number of hydrazine groups is 1. The van der Waals surface area contributed by atoms with Gasteiger partial charge in [-0.3, -0.25) is 24.6 Å². The van der Waals surface area contributed by atoms with Crippen LogP contribution >= 0.6 is 0 Å². The molecule has 1 fully saturated rings. The van der Waals surface area contributed by atoms with E-state index in [4.69, 9.17) is 15.3 Å². The first-order valence-corrected chi connectivity index (χ1v) is 13.5. The molecule has 1 aliphatic heterocycles. The molecule has 232 valence electrons. The lowest BCUT2D eigenvalue weighted by Crippen LogP contribution is -2.57. The smallest absolute Gasteiger partial charge is 0.242 e. The molecule has 1 saturated heterocycles. The normalized spacial score (nSPS) is 22.9. The lowest BCUT2D eigenvalue weighted by Gasteiger charge is -2.38. The molecule has 17 nitrogen and oxygen atoms in total. The predicted octanol–water partition coefficient (Wildman–Crippen LogP) is -3.31. The number of nitrogens with zero attached hydrogens (tertiary/aromatic N) is 3. The largest absolute Gasteiger partial charge is 0.388 e. The fourth-order valence-electron chi connectivity index (χ4n) is 4.00. The topological polar surface area (TPSA) is 252 Å². The Balaban J connectivity index is 1.68. The summed E-state index contributed by atoms with van der Waals surface area (Å²) in [5.74, 6) is 3.63. The molecule has 2 heterocycles. The molecule has 1 aliphatic rings. The van der Waals surface area contributed by atoms with Crippen LogP contribution in [0.4, 0.5) is 0 Å². The van der Waals surface area contributed by atoms with E-state index in [2.05, 4.69) is 31.7 Å². The predicted molar refractivity (Wildman–Crippen MR) is 141 cm³/mol. The summed E-state index contributed by atoms with van der Waals surface area (Å²) in [6.07, 6.45) is -1.86. The van der Waals surface area contributed by atoms with Crippen LogP contribution in [0.2, 0.25) is 0 Å². The first kappa shape index (κ1) is 34.0. The summed E-state index contributed by atoms with van der Waals surface area (Å²) in [4.78, 5) is 47.5. The van der Waals surface area contributed by atoms with Gasteiger partial charge in [0.1, 0.15) is 30.0 Å². The molecule has 4 amide bonds. The van der Waals surface area contributed by atoms with Gasteiger partial charge in [-0.2, -0.15) is 0 Å². The number of ether oxygens (including phenoxy) is 2.